The van der Waals surface area contributed by atoms with E-state index in [0.29, 0.717) is 31.5 Å². The van der Waals surface area contributed by atoms with Crippen LogP contribution in [0.15, 0.2) is 0 Å². The van der Waals surface area contributed by atoms with Crippen LogP contribution in [0, 0.1) is 17.8 Å². The van der Waals surface area contributed by atoms with Gasteiger partial charge >= 0.3 is 12.0 Å². The summed E-state index contributed by atoms with van der Waals surface area (Å²) in [4.78, 5) is 24.8. The Labute approximate surface area is 126 Å². The zero-order chi connectivity index (χ0) is 15.8. The second-order valence-electron chi connectivity index (χ2n) is 6.34. The molecule has 21 heavy (non-hydrogen) atoms. The van der Waals surface area contributed by atoms with Gasteiger partial charge in [-0.05, 0) is 24.7 Å². The second kappa shape index (κ2) is 8.87. The van der Waals surface area contributed by atoms with Crippen molar-refractivity contribution in [3.8, 4) is 0 Å². The van der Waals surface area contributed by atoms with Crippen LogP contribution in [-0.2, 0) is 9.53 Å². The van der Waals surface area contributed by atoms with E-state index in [1.54, 1.807) is 12.0 Å². The van der Waals surface area contributed by atoms with Gasteiger partial charge in [-0.25, -0.2) is 4.79 Å². The molecule has 1 saturated heterocycles. The van der Waals surface area contributed by atoms with Crippen molar-refractivity contribution in [2.24, 2.45) is 17.8 Å². The van der Waals surface area contributed by atoms with Crippen LogP contribution in [0.3, 0.4) is 0 Å². The molecule has 2 N–H and O–H groups in total. The fraction of sp³-hybridized carbons (Fsp3) is 0.867. The smallest absolute Gasteiger partial charge is 0.317 e. The normalized spacial score (nSPS) is 19.8. The lowest BCUT2D eigenvalue weighted by Crippen LogP contribution is -2.41. The molecule has 0 aliphatic carbocycles. The highest BCUT2D eigenvalue weighted by Crippen LogP contribution is 2.17. The molecule has 1 rings (SSSR count). The monoisotopic (exact) mass is 300 g/mol. The maximum absolute atomic E-state index is 12.1. The standard InChI is InChI=1S/C15H28N2O4/c1-11(2)6-13(7-14(18)19)8-16-15(20)17-5-4-12(9-17)10-21-3/h11-13H,4-10H2,1-3H3,(H,16,20)(H,18,19)/t12?,13-/m0/s1. The zero-order valence-corrected chi connectivity index (χ0v) is 13.3. The number of carboxylic acid groups (broad SMARTS) is 1. The molecular weight excluding hydrogens is 272 g/mol. The Hall–Kier alpha value is -1.30. The van der Waals surface area contributed by atoms with E-state index in [9.17, 15) is 9.59 Å². The molecule has 6 heteroatoms. The Kier molecular flexibility index (Phi) is 7.50. The second-order valence-corrected chi connectivity index (χ2v) is 6.34. The van der Waals surface area contributed by atoms with Gasteiger partial charge in [0.2, 0.25) is 0 Å². The number of amides is 2. The average molecular weight is 300 g/mol. The minimum absolute atomic E-state index is 0.0103. The van der Waals surface area contributed by atoms with Crippen LogP contribution in [0.25, 0.3) is 0 Å². The fourth-order valence-electron chi connectivity index (χ4n) is 2.88. The van der Waals surface area contributed by atoms with E-state index >= 15 is 0 Å². The number of rotatable bonds is 8. The van der Waals surface area contributed by atoms with Gasteiger partial charge in [0.25, 0.3) is 0 Å². The maximum Gasteiger partial charge on any atom is 0.317 e. The van der Waals surface area contributed by atoms with Gasteiger partial charge < -0.3 is 20.1 Å². The molecular formula is C15H28N2O4. The van der Waals surface area contributed by atoms with Crippen LogP contribution in [0.5, 0.6) is 0 Å². The average Bonchev–Trinajstić information content (AvgIpc) is 2.83. The summed E-state index contributed by atoms with van der Waals surface area (Å²) in [5.74, 6) is 0.00964. The number of urea groups is 1. The first kappa shape index (κ1) is 17.8. The lowest BCUT2D eigenvalue weighted by Gasteiger charge is -2.21. The maximum atomic E-state index is 12.1. The Bertz CT molecular complexity index is 347. The number of carboxylic acids is 1. The molecule has 0 saturated carbocycles. The number of aliphatic carboxylic acids is 1. The van der Waals surface area contributed by atoms with Gasteiger partial charge in [-0.1, -0.05) is 13.8 Å². The highest BCUT2D eigenvalue weighted by molar-refractivity contribution is 5.74. The van der Waals surface area contributed by atoms with Crippen molar-refractivity contribution in [2.75, 3.05) is 33.4 Å². The van der Waals surface area contributed by atoms with E-state index in [-0.39, 0.29) is 18.4 Å². The summed E-state index contributed by atoms with van der Waals surface area (Å²) in [6.07, 6.45) is 1.87. The van der Waals surface area contributed by atoms with Crippen LogP contribution in [0.2, 0.25) is 0 Å². The van der Waals surface area contributed by atoms with E-state index < -0.39 is 5.97 Å². The summed E-state index contributed by atoms with van der Waals surface area (Å²) in [6, 6.07) is -0.0900. The fourth-order valence-corrected chi connectivity index (χ4v) is 2.88. The molecule has 6 nitrogen and oxygen atoms in total. The largest absolute Gasteiger partial charge is 0.481 e. The van der Waals surface area contributed by atoms with Gasteiger partial charge in [-0.2, -0.15) is 0 Å². The topological polar surface area (TPSA) is 78.9 Å². The van der Waals surface area contributed by atoms with E-state index in [1.165, 1.54) is 0 Å². The number of nitrogens with zero attached hydrogens (tertiary/aromatic N) is 1. The lowest BCUT2D eigenvalue weighted by atomic mass is 9.94. The summed E-state index contributed by atoms with van der Waals surface area (Å²) in [5, 5.41) is 11.8. The molecule has 1 aliphatic heterocycles. The Morgan fingerprint density at radius 2 is 2.14 bits per heavy atom. The van der Waals surface area contributed by atoms with Gasteiger partial charge in [-0.3, -0.25) is 4.79 Å². The van der Waals surface area contributed by atoms with Gasteiger partial charge in [0.1, 0.15) is 0 Å². The first-order valence-corrected chi connectivity index (χ1v) is 7.65. The van der Waals surface area contributed by atoms with Crippen molar-refractivity contribution < 1.29 is 19.4 Å². The number of hydrogen-bond donors (Lipinski definition) is 2. The molecule has 122 valence electrons. The highest BCUT2D eigenvalue weighted by atomic mass is 16.5. The van der Waals surface area contributed by atoms with Crippen molar-refractivity contribution in [1.29, 1.82) is 0 Å². The number of methoxy groups -OCH3 is 1. The molecule has 1 unspecified atom stereocenters. The Morgan fingerprint density at radius 1 is 1.43 bits per heavy atom. The summed E-state index contributed by atoms with van der Waals surface area (Å²) < 4.78 is 5.12. The number of likely N-dealkylation sites (tertiary alicyclic amines) is 1. The lowest BCUT2D eigenvalue weighted by molar-refractivity contribution is -0.138. The van der Waals surface area contributed by atoms with Crippen molar-refractivity contribution in [3.63, 3.8) is 0 Å². The number of nitrogens with one attached hydrogen (secondary N) is 1. The van der Waals surface area contributed by atoms with Crippen molar-refractivity contribution in [1.82, 2.24) is 10.2 Å². The summed E-state index contributed by atoms with van der Waals surface area (Å²) in [7, 11) is 1.67. The first-order valence-electron chi connectivity index (χ1n) is 7.65. The number of ether oxygens (including phenoxy) is 1. The molecule has 0 radical (unpaired) electrons. The number of carbonyl (C=O) groups excluding carboxylic acids is 1. The SMILES string of the molecule is COCC1CCN(C(=O)NC[C@H](CC(=O)O)CC(C)C)C1. The molecule has 2 atom stereocenters. The third-order valence-corrected chi connectivity index (χ3v) is 3.79. The van der Waals surface area contributed by atoms with E-state index in [0.717, 1.165) is 19.4 Å². The molecule has 1 fully saturated rings. The molecule has 1 heterocycles. The summed E-state index contributed by atoms with van der Waals surface area (Å²) in [6.45, 7) is 6.69. The van der Waals surface area contributed by atoms with Crippen LogP contribution in [0.1, 0.15) is 33.1 Å². The summed E-state index contributed by atoms with van der Waals surface area (Å²) >= 11 is 0. The molecule has 0 aromatic carbocycles. The van der Waals surface area contributed by atoms with Crippen LogP contribution >= 0.6 is 0 Å². The predicted octanol–water partition coefficient (Wildman–Crippen LogP) is 1.80. The van der Waals surface area contributed by atoms with E-state index in [2.05, 4.69) is 19.2 Å². The minimum Gasteiger partial charge on any atom is -0.481 e. The molecule has 1 aliphatic rings. The van der Waals surface area contributed by atoms with Gasteiger partial charge in [0.05, 0.1) is 6.61 Å². The molecule has 0 bridgehead atoms. The van der Waals surface area contributed by atoms with Crippen molar-refractivity contribution in [2.45, 2.75) is 33.1 Å². The molecule has 0 aromatic rings. The van der Waals surface area contributed by atoms with E-state index in [1.807, 2.05) is 0 Å². The number of hydrogen-bond acceptors (Lipinski definition) is 3. The minimum atomic E-state index is -0.809. The first-order chi connectivity index (χ1) is 9.92. The van der Waals surface area contributed by atoms with Gasteiger partial charge in [0, 0.05) is 39.1 Å². The Morgan fingerprint density at radius 3 is 2.71 bits per heavy atom. The van der Waals surface area contributed by atoms with Gasteiger partial charge in [0.15, 0.2) is 0 Å². The van der Waals surface area contributed by atoms with Crippen LogP contribution in [0.4, 0.5) is 4.79 Å². The molecule has 0 aromatic heterocycles. The van der Waals surface area contributed by atoms with Crippen LogP contribution < -0.4 is 5.32 Å². The third-order valence-electron chi connectivity index (χ3n) is 3.79. The molecule has 0 spiro atoms. The van der Waals surface area contributed by atoms with Gasteiger partial charge in [-0.15, -0.1) is 0 Å². The van der Waals surface area contributed by atoms with Crippen molar-refractivity contribution >= 4 is 12.0 Å². The van der Waals surface area contributed by atoms with E-state index in [4.69, 9.17) is 9.84 Å². The Balaban J connectivity index is 2.37. The highest BCUT2D eigenvalue weighted by Gasteiger charge is 2.26. The zero-order valence-electron chi connectivity index (χ0n) is 13.3. The number of carbonyl (C=O) groups is 2. The summed E-state index contributed by atoms with van der Waals surface area (Å²) in [5.41, 5.74) is 0. The third kappa shape index (κ3) is 6.80. The van der Waals surface area contributed by atoms with Crippen LogP contribution in [-0.4, -0.2) is 55.4 Å². The molecule has 2 amide bonds. The predicted molar refractivity (Wildman–Crippen MR) is 80.2 cm³/mol. The van der Waals surface area contributed by atoms with Crippen molar-refractivity contribution in [3.05, 3.63) is 0 Å². The quantitative estimate of drug-likeness (QED) is 0.716.